The van der Waals surface area contributed by atoms with Crippen LogP contribution in [-0.2, 0) is 6.61 Å². The zero-order valence-corrected chi connectivity index (χ0v) is 10.5. The van der Waals surface area contributed by atoms with E-state index in [0.29, 0.717) is 13.2 Å². The number of hydrogen-bond acceptors (Lipinski definition) is 3. The molecule has 0 atom stereocenters. The van der Waals surface area contributed by atoms with Crippen LogP contribution in [-0.4, -0.2) is 11.6 Å². The van der Waals surface area contributed by atoms with E-state index in [2.05, 4.69) is 11.9 Å². The molecule has 0 aliphatic heterocycles. The molecule has 1 aromatic heterocycles. The van der Waals surface area contributed by atoms with E-state index < -0.39 is 0 Å². The molecular weight excluding hydrogens is 226 g/mol. The van der Waals surface area contributed by atoms with Crippen molar-refractivity contribution in [3.8, 4) is 11.5 Å². The highest BCUT2D eigenvalue weighted by molar-refractivity contribution is 5.27. The van der Waals surface area contributed by atoms with Crippen molar-refractivity contribution in [2.75, 3.05) is 6.61 Å². The molecule has 0 N–H and O–H groups in total. The second-order valence-corrected chi connectivity index (χ2v) is 3.90. The van der Waals surface area contributed by atoms with Crippen molar-refractivity contribution in [2.24, 2.45) is 0 Å². The highest BCUT2D eigenvalue weighted by atomic mass is 16.5. The smallest absolute Gasteiger partial charge is 0.144 e. The largest absolute Gasteiger partial charge is 0.492 e. The lowest BCUT2D eigenvalue weighted by Gasteiger charge is -2.10. The molecule has 3 heteroatoms. The molecule has 0 spiro atoms. The summed E-state index contributed by atoms with van der Waals surface area (Å²) in [7, 11) is 0. The van der Waals surface area contributed by atoms with E-state index in [9.17, 15) is 0 Å². The standard InChI is InChI=1S/C15H17NO2/c1-2-11-17-15-9-6-10-16-14(15)12-18-13-7-4-3-5-8-13/h3-10H,2,11-12H2,1H3. The highest BCUT2D eigenvalue weighted by Gasteiger charge is 2.05. The molecule has 18 heavy (non-hydrogen) atoms. The minimum atomic E-state index is 0.421. The molecule has 3 nitrogen and oxygen atoms in total. The van der Waals surface area contributed by atoms with Gasteiger partial charge >= 0.3 is 0 Å². The van der Waals surface area contributed by atoms with Gasteiger partial charge in [0.25, 0.3) is 0 Å². The lowest BCUT2D eigenvalue weighted by atomic mass is 10.3. The van der Waals surface area contributed by atoms with Crippen LogP contribution in [0.2, 0.25) is 0 Å². The number of rotatable bonds is 6. The quantitative estimate of drug-likeness (QED) is 0.778. The Kier molecular flexibility index (Phi) is 4.59. The molecule has 2 rings (SSSR count). The topological polar surface area (TPSA) is 31.4 Å². The van der Waals surface area contributed by atoms with Crippen molar-refractivity contribution in [3.63, 3.8) is 0 Å². The van der Waals surface area contributed by atoms with Crippen molar-refractivity contribution < 1.29 is 9.47 Å². The van der Waals surface area contributed by atoms with Gasteiger partial charge in [0.1, 0.15) is 23.8 Å². The Morgan fingerprint density at radius 2 is 1.83 bits per heavy atom. The lowest BCUT2D eigenvalue weighted by molar-refractivity contribution is 0.274. The van der Waals surface area contributed by atoms with Gasteiger partial charge < -0.3 is 9.47 Å². The fourth-order valence-electron chi connectivity index (χ4n) is 1.54. The Balaban J connectivity index is 2.00. The SMILES string of the molecule is CCCOc1cccnc1COc1ccccc1. The summed E-state index contributed by atoms with van der Waals surface area (Å²) in [5.74, 6) is 1.64. The molecule has 1 aromatic carbocycles. The van der Waals surface area contributed by atoms with Gasteiger partial charge in [0.05, 0.1) is 6.61 Å². The van der Waals surface area contributed by atoms with Gasteiger partial charge in [0.2, 0.25) is 0 Å². The Morgan fingerprint density at radius 3 is 2.61 bits per heavy atom. The normalized spacial score (nSPS) is 10.1. The molecule has 0 aliphatic carbocycles. The fourth-order valence-corrected chi connectivity index (χ4v) is 1.54. The predicted octanol–water partition coefficient (Wildman–Crippen LogP) is 3.45. The van der Waals surface area contributed by atoms with Crippen LogP contribution < -0.4 is 9.47 Å². The maximum Gasteiger partial charge on any atom is 0.144 e. The average Bonchev–Trinajstić information content (AvgIpc) is 2.45. The van der Waals surface area contributed by atoms with Gasteiger partial charge in [-0.05, 0) is 30.7 Å². The number of ether oxygens (including phenoxy) is 2. The predicted molar refractivity (Wildman–Crippen MR) is 70.8 cm³/mol. The van der Waals surface area contributed by atoms with Crippen LogP contribution in [0.4, 0.5) is 0 Å². The molecular formula is C15H17NO2. The Bertz CT molecular complexity index is 471. The van der Waals surface area contributed by atoms with Crippen molar-refractivity contribution in [3.05, 3.63) is 54.4 Å². The molecule has 0 bridgehead atoms. The lowest BCUT2D eigenvalue weighted by Crippen LogP contribution is -2.04. The van der Waals surface area contributed by atoms with Gasteiger partial charge in [-0.3, -0.25) is 4.98 Å². The monoisotopic (exact) mass is 243 g/mol. The maximum atomic E-state index is 5.67. The highest BCUT2D eigenvalue weighted by Crippen LogP contribution is 2.18. The Labute approximate surface area is 107 Å². The molecule has 94 valence electrons. The average molecular weight is 243 g/mol. The first-order valence-electron chi connectivity index (χ1n) is 6.14. The van der Waals surface area contributed by atoms with Gasteiger partial charge in [-0.25, -0.2) is 0 Å². The summed E-state index contributed by atoms with van der Waals surface area (Å²) < 4.78 is 11.3. The van der Waals surface area contributed by atoms with E-state index in [0.717, 1.165) is 23.6 Å². The van der Waals surface area contributed by atoms with Crippen LogP contribution in [0.5, 0.6) is 11.5 Å². The molecule has 0 radical (unpaired) electrons. The van der Waals surface area contributed by atoms with Gasteiger partial charge in [-0.1, -0.05) is 25.1 Å². The Morgan fingerprint density at radius 1 is 1.00 bits per heavy atom. The molecule has 2 aromatic rings. The van der Waals surface area contributed by atoms with Crippen LogP contribution in [0.15, 0.2) is 48.7 Å². The van der Waals surface area contributed by atoms with E-state index in [1.54, 1.807) is 6.20 Å². The molecule has 0 saturated carbocycles. The van der Waals surface area contributed by atoms with E-state index in [4.69, 9.17) is 9.47 Å². The number of hydrogen-bond donors (Lipinski definition) is 0. The molecule has 0 amide bonds. The molecule has 0 unspecified atom stereocenters. The summed E-state index contributed by atoms with van der Waals surface area (Å²) >= 11 is 0. The first-order chi connectivity index (χ1) is 8.90. The minimum absolute atomic E-state index is 0.421. The number of aromatic nitrogens is 1. The van der Waals surface area contributed by atoms with E-state index in [1.807, 2.05) is 42.5 Å². The van der Waals surface area contributed by atoms with E-state index >= 15 is 0 Å². The summed E-state index contributed by atoms with van der Waals surface area (Å²) in [5.41, 5.74) is 0.829. The molecule has 1 heterocycles. The first kappa shape index (κ1) is 12.4. The molecule has 0 saturated heterocycles. The van der Waals surface area contributed by atoms with Gasteiger partial charge in [-0.2, -0.15) is 0 Å². The van der Waals surface area contributed by atoms with Crippen LogP contribution >= 0.6 is 0 Å². The third-order valence-electron chi connectivity index (χ3n) is 2.43. The molecule has 0 aliphatic rings. The zero-order valence-electron chi connectivity index (χ0n) is 10.5. The van der Waals surface area contributed by atoms with Crippen molar-refractivity contribution in [1.82, 2.24) is 4.98 Å². The second kappa shape index (κ2) is 6.64. The summed E-state index contributed by atoms with van der Waals surface area (Å²) in [6.07, 6.45) is 2.73. The number of benzene rings is 1. The van der Waals surface area contributed by atoms with Gasteiger partial charge in [-0.15, -0.1) is 0 Å². The van der Waals surface area contributed by atoms with Crippen molar-refractivity contribution in [2.45, 2.75) is 20.0 Å². The molecule has 0 fully saturated rings. The second-order valence-electron chi connectivity index (χ2n) is 3.90. The third-order valence-corrected chi connectivity index (χ3v) is 2.43. The van der Waals surface area contributed by atoms with Crippen molar-refractivity contribution in [1.29, 1.82) is 0 Å². The summed E-state index contributed by atoms with van der Waals surface area (Å²) in [4.78, 5) is 4.30. The van der Waals surface area contributed by atoms with Gasteiger partial charge in [0, 0.05) is 6.20 Å². The zero-order chi connectivity index (χ0) is 12.6. The van der Waals surface area contributed by atoms with Crippen LogP contribution in [0.1, 0.15) is 19.0 Å². The fraction of sp³-hybridized carbons (Fsp3) is 0.267. The summed E-state index contributed by atoms with van der Waals surface area (Å²) in [6.45, 7) is 3.20. The third kappa shape index (κ3) is 3.48. The minimum Gasteiger partial charge on any atom is -0.492 e. The summed E-state index contributed by atoms with van der Waals surface area (Å²) in [6, 6.07) is 13.5. The number of nitrogens with zero attached hydrogens (tertiary/aromatic N) is 1. The number of pyridine rings is 1. The van der Waals surface area contributed by atoms with Crippen LogP contribution in [0, 0.1) is 0 Å². The van der Waals surface area contributed by atoms with Gasteiger partial charge in [0.15, 0.2) is 0 Å². The number of para-hydroxylation sites is 1. The van der Waals surface area contributed by atoms with Crippen LogP contribution in [0.25, 0.3) is 0 Å². The summed E-state index contributed by atoms with van der Waals surface area (Å²) in [5, 5.41) is 0. The van der Waals surface area contributed by atoms with E-state index in [1.165, 1.54) is 0 Å². The Hall–Kier alpha value is -2.03. The van der Waals surface area contributed by atoms with Crippen LogP contribution in [0.3, 0.4) is 0 Å². The van der Waals surface area contributed by atoms with E-state index in [-0.39, 0.29) is 0 Å². The first-order valence-corrected chi connectivity index (χ1v) is 6.14. The van der Waals surface area contributed by atoms with Crippen molar-refractivity contribution >= 4 is 0 Å². The maximum absolute atomic E-state index is 5.67.